The Labute approximate surface area is 206 Å². The van der Waals surface area contributed by atoms with E-state index in [0.29, 0.717) is 29.4 Å². The van der Waals surface area contributed by atoms with Crippen LogP contribution in [-0.4, -0.2) is 37.0 Å². The predicted octanol–water partition coefficient (Wildman–Crippen LogP) is 5.78. The van der Waals surface area contributed by atoms with E-state index < -0.39 is 0 Å². The van der Waals surface area contributed by atoms with Gasteiger partial charge in [-0.15, -0.1) is 0 Å². The minimum absolute atomic E-state index is 0.0233. The van der Waals surface area contributed by atoms with Crippen molar-refractivity contribution in [3.05, 3.63) is 94.5 Å². The summed E-state index contributed by atoms with van der Waals surface area (Å²) in [5.74, 6) is -0.157. The van der Waals surface area contributed by atoms with Gasteiger partial charge in [0, 0.05) is 44.6 Å². The predicted molar refractivity (Wildman–Crippen MR) is 140 cm³/mol. The zero-order chi connectivity index (χ0) is 24.7. The summed E-state index contributed by atoms with van der Waals surface area (Å²) < 4.78 is 0. The van der Waals surface area contributed by atoms with Gasteiger partial charge in [-0.25, -0.2) is 4.79 Å². The molecule has 0 unspecified atom stereocenters. The fourth-order valence-electron chi connectivity index (χ4n) is 3.67. The molecule has 0 aliphatic rings. The van der Waals surface area contributed by atoms with Gasteiger partial charge in [0.15, 0.2) is 0 Å². The molecule has 0 bridgehead atoms. The van der Waals surface area contributed by atoms with E-state index in [0.717, 1.165) is 16.8 Å². The smallest absolute Gasteiger partial charge is 0.319 e. The molecular weight excluding hydrogens is 448 g/mol. The van der Waals surface area contributed by atoms with E-state index in [-0.39, 0.29) is 18.0 Å². The van der Waals surface area contributed by atoms with Gasteiger partial charge in [-0.1, -0.05) is 54.1 Å². The molecule has 0 fully saturated rings. The lowest BCUT2D eigenvalue weighted by atomic mass is 10.1. The van der Waals surface area contributed by atoms with Crippen molar-refractivity contribution in [2.75, 3.05) is 24.3 Å². The van der Waals surface area contributed by atoms with Crippen molar-refractivity contribution >= 4 is 34.9 Å². The SMILES string of the molecule is CC(C)NC(=O)Nc1ccc(N(C)C)c(CN(Cc2ccccc2)C(=O)c2ccccc2Cl)c1. The van der Waals surface area contributed by atoms with Gasteiger partial charge in [-0.3, -0.25) is 4.79 Å². The molecule has 34 heavy (non-hydrogen) atoms. The van der Waals surface area contributed by atoms with Crippen LogP contribution >= 0.6 is 11.6 Å². The van der Waals surface area contributed by atoms with E-state index in [2.05, 4.69) is 10.6 Å². The van der Waals surface area contributed by atoms with Crippen molar-refractivity contribution < 1.29 is 9.59 Å². The van der Waals surface area contributed by atoms with Gasteiger partial charge in [0.05, 0.1) is 10.6 Å². The third-order valence-electron chi connectivity index (χ3n) is 5.21. The summed E-state index contributed by atoms with van der Waals surface area (Å²) in [6, 6.07) is 22.4. The number of halogens is 1. The number of amides is 3. The molecule has 3 aromatic rings. The van der Waals surface area contributed by atoms with Crippen molar-refractivity contribution in [1.82, 2.24) is 10.2 Å². The number of nitrogens with one attached hydrogen (secondary N) is 2. The summed E-state index contributed by atoms with van der Waals surface area (Å²) in [5.41, 5.74) is 3.99. The molecule has 0 aliphatic heterocycles. The second-order valence-electron chi connectivity index (χ2n) is 8.62. The first-order valence-corrected chi connectivity index (χ1v) is 11.6. The Morgan fingerprint density at radius 1 is 0.912 bits per heavy atom. The maximum atomic E-state index is 13.6. The van der Waals surface area contributed by atoms with Gasteiger partial charge in [0.1, 0.15) is 0 Å². The van der Waals surface area contributed by atoms with E-state index in [1.807, 2.05) is 93.5 Å². The van der Waals surface area contributed by atoms with E-state index in [1.165, 1.54) is 0 Å². The second kappa shape index (κ2) is 11.6. The standard InChI is InChI=1S/C27H31ClN4O2/c1-19(2)29-27(34)30-22-14-15-25(31(3)4)21(16-22)18-32(17-20-10-6-5-7-11-20)26(33)23-12-8-9-13-24(23)28/h5-16,19H,17-18H2,1-4H3,(H2,29,30,34). The van der Waals surface area contributed by atoms with Gasteiger partial charge in [0.25, 0.3) is 5.91 Å². The lowest BCUT2D eigenvalue weighted by Gasteiger charge is -2.27. The average Bonchev–Trinajstić information content (AvgIpc) is 2.78. The van der Waals surface area contributed by atoms with Crippen LogP contribution in [0.3, 0.4) is 0 Å². The normalized spacial score (nSPS) is 10.6. The number of anilines is 2. The average molecular weight is 479 g/mol. The monoisotopic (exact) mass is 478 g/mol. The maximum Gasteiger partial charge on any atom is 0.319 e. The van der Waals surface area contributed by atoms with Crippen LogP contribution in [0.4, 0.5) is 16.2 Å². The molecule has 0 heterocycles. The molecule has 0 spiro atoms. The molecule has 2 N–H and O–H groups in total. The van der Waals surface area contributed by atoms with Crippen LogP contribution in [-0.2, 0) is 13.1 Å². The molecule has 0 aromatic heterocycles. The molecule has 7 heteroatoms. The first-order chi connectivity index (χ1) is 16.2. The second-order valence-corrected chi connectivity index (χ2v) is 9.02. The minimum atomic E-state index is -0.271. The Morgan fingerprint density at radius 2 is 1.59 bits per heavy atom. The van der Waals surface area contributed by atoms with Crippen LogP contribution in [0.25, 0.3) is 0 Å². The van der Waals surface area contributed by atoms with Crippen LogP contribution < -0.4 is 15.5 Å². The number of hydrogen-bond donors (Lipinski definition) is 2. The highest BCUT2D eigenvalue weighted by Crippen LogP contribution is 2.27. The van der Waals surface area contributed by atoms with Crippen LogP contribution in [0.2, 0.25) is 5.02 Å². The number of benzene rings is 3. The molecule has 3 aromatic carbocycles. The Hall–Kier alpha value is -3.51. The molecule has 0 atom stereocenters. The quantitative estimate of drug-likeness (QED) is 0.431. The number of hydrogen-bond acceptors (Lipinski definition) is 3. The first kappa shape index (κ1) is 25.1. The zero-order valence-electron chi connectivity index (χ0n) is 20.0. The number of nitrogens with zero attached hydrogens (tertiary/aromatic N) is 2. The largest absolute Gasteiger partial charge is 0.377 e. The van der Waals surface area contributed by atoms with Gasteiger partial charge < -0.3 is 20.4 Å². The number of rotatable bonds is 8. The Balaban J connectivity index is 1.96. The third kappa shape index (κ3) is 6.75. The molecule has 6 nitrogen and oxygen atoms in total. The van der Waals surface area contributed by atoms with E-state index in [1.54, 1.807) is 17.0 Å². The Bertz CT molecular complexity index is 1130. The van der Waals surface area contributed by atoms with Gasteiger partial charge in [0.2, 0.25) is 0 Å². The van der Waals surface area contributed by atoms with Crippen molar-refractivity contribution in [1.29, 1.82) is 0 Å². The zero-order valence-corrected chi connectivity index (χ0v) is 20.8. The molecule has 0 aliphatic carbocycles. The number of carbonyl (C=O) groups excluding carboxylic acids is 2. The van der Waals surface area contributed by atoms with Crippen LogP contribution in [0.1, 0.15) is 35.3 Å². The van der Waals surface area contributed by atoms with Crippen LogP contribution in [0.5, 0.6) is 0 Å². The fourth-order valence-corrected chi connectivity index (χ4v) is 3.89. The molecule has 3 rings (SSSR count). The van der Waals surface area contributed by atoms with Crippen LogP contribution in [0.15, 0.2) is 72.8 Å². The summed E-state index contributed by atoms with van der Waals surface area (Å²) in [6.07, 6.45) is 0. The fraction of sp³-hybridized carbons (Fsp3) is 0.259. The summed E-state index contributed by atoms with van der Waals surface area (Å²) in [5, 5.41) is 6.12. The van der Waals surface area contributed by atoms with E-state index in [4.69, 9.17) is 11.6 Å². The van der Waals surface area contributed by atoms with Crippen molar-refractivity contribution in [2.24, 2.45) is 0 Å². The highest BCUT2D eigenvalue weighted by atomic mass is 35.5. The summed E-state index contributed by atoms with van der Waals surface area (Å²) in [4.78, 5) is 29.6. The van der Waals surface area contributed by atoms with Crippen molar-refractivity contribution in [3.63, 3.8) is 0 Å². The lowest BCUT2D eigenvalue weighted by Crippen LogP contribution is -2.34. The van der Waals surface area contributed by atoms with Crippen molar-refractivity contribution in [2.45, 2.75) is 33.0 Å². The molecule has 178 valence electrons. The summed E-state index contributed by atoms with van der Waals surface area (Å²) >= 11 is 6.36. The van der Waals surface area contributed by atoms with Gasteiger partial charge in [-0.2, -0.15) is 0 Å². The molecular formula is C27H31ClN4O2. The molecule has 0 saturated carbocycles. The molecule has 0 saturated heterocycles. The third-order valence-corrected chi connectivity index (χ3v) is 5.54. The van der Waals surface area contributed by atoms with Gasteiger partial charge >= 0.3 is 6.03 Å². The Morgan fingerprint density at radius 3 is 2.24 bits per heavy atom. The van der Waals surface area contributed by atoms with Crippen molar-refractivity contribution in [3.8, 4) is 0 Å². The van der Waals surface area contributed by atoms with Gasteiger partial charge in [-0.05, 0) is 55.3 Å². The highest BCUT2D eigenvalue weighted by molar-refractivity contribution is 6.33. The summed E-state index contributed by atoms with van der Waals surface area (Å²) in [6.45, 7) is 4.57. The Kier molecular flexibility index (Phi) is 8.55. The van der Waals surface area contributed by atoms with E-state index in [9.17, 15) is 9.59 Å². The first-order valence-electron chi connectivity index (χ1n) is 11.2. The number of urea groups is 1. The molecule has 3 amide bonds. The maximum absolute atomic E-state index is 13.6. The van der Waals surface area contributed by atoms with E-state index >= 15 is 0 Å². The highest BCUT2D eigenvalue weighted by Gasteiger charge is 2.21. The topological polar surface area (TPSA) is 64.7 Å². The minimum Gasteiger partial charge on any atom is -0.377 e. The lowest BCUT2D eigenvalue weighted by molar-refractivity contribution is 0.0730. The van der Waals surface area contributed by atoms with Crippen LogP contribution in [0, 0.1) is 0 Å². The summed E-state index contributed by atoms with van der Waals surface area (Å²) in [7, 11) is 3.91. The molecule has 0 radical (unpaired) electrons. The number of carbonyl (C=O) groups is 2.